The first-order valence-electron chi connectivity index (χ1n) is 5.93. The smallest absolute Gasteiger partial charge is 0.161 e. The lowest BCUT2D eigenvalue weighted by molar-refractivity contribution is 0.0369. The molecule has 3 rings (SSSR count). The Balaban J connectivity index is 0.00000108. The molecule has 94 valence electrons. The van der Waals surface area contributed by atoms with Crippen molar-refractivity contribution >= 4 is 12.4 Å². The highest BCUT2D eigenvalue weighted by Crippen LogP contribution is 2.33. The number of rotatable bonds is 1. The zero-order valence-electron chi connectivity index (χ0n) is 9.96. The molecule has 0 aliphatic carbocycles. The lowest BCUT2D eigenvalue weighted by atomic mass is 10.1. The molecule has 0 spiro atoms. The Labute approximate surface area is 108 Å². The standard InChI is InChI=1S/C13H17NO2.ClH/c1-14-8-4-5-10(14)13-9-15-11-6-2-3-7-12(11)16-13;/h2-3,6-7,10,13H,4-5,8-9H2,1H3;1H/t10-,13+;/m1./s1. The van der Waals surface area contributed by atoms with E-state index in [9.17, 15) is 0 Å². The summed E-state index contributed by atoms with van der Waals surface area (Å²) >= 11 is 0. The average Bonchev–Trinajstić information content (AvgIpc) is 2.75. The Kier molecular flexibility index (Phi) is 3.79. The molecule has 4 heteroatoms. The van der Waals surface area contributed by atoms with Gasteiger partial charge >= 0.3 is 0 Å². The third-order valence-corrected chi connectivity index (χ3v) is 3.54. The minimum Gasteiger partial charge on any atom is -0.486 e. The first kappa shape index (κ1) is 12.5. The molecule has 1 aromatic carbocycles. The molecule has 2 heterocycles. The molecule has 0 saturated carbocycles. The number of halogens is 1. The Morgan fingerprint density at radius 3 is 2.71 bits per heavy atom. The van der Waals surface area contributed by atoms with Gasteiger partial charge in [0.15, 0.2) is 11.5 Å². The molecule has 17 heavy (non-hydrogen) atoms. The van der Waals surface area contributed by atoms with E-state index in [1.54, 1.807) is 0 Å². The monoisotopic (exact) mass is 255 g/mol. The fourth-order valence-electron chi connectivity index (χ4n) is 2.63. The van der Waals surface area contributed by atoms with Gasteiger partial charge in [-0.1, -0.05) is 12.1 Å². The van der Waals surface area contributed by atoms with E-state index in [0.717, 1.165) is 11.5 Å². The predicted molar refractivity (Wildman–Crippen MR) is 69.3 cm³/mol. The molecular formula is C13H18ClNO2. The summed E-state index contributed by atoms with van der Waals surface area (Å²) in [6.07, 6.45) is 2.66. The Morgan fingerprint density at radius 2 is 2.00 bits per heavy atom. The van der Waals surface area contributed by atoms with Gasteiger partial charge in [0.1, 0.15) is 12.7 Å². The van der Waals surface area contributed by atoms with Crippen LogP contribution < -0.4 is 9.47 Å². The van der Waals surface area contributed by atoms with E-state index in [1.165, 1.54) is 19.4 Å². The maximum atomic E-state index is 6.02. The summed E-state index contributed by atoms with van der Waals surface area (Å²) in [5.41, 5.74) is 0. The van der Waals surface area contributed by atoms with Crippen molar-refractivity contribution in [3.05, 3.63) is 24.3 Å². The first-order valence-corrected chi connectivity index (χ1v) is 5.93. The van der Waals surface area contributed by atoms with Crippen molar-refractivity contribution in [1.29, 1.82) is 0 Å². The van der Waals surface area contributed by atoms with Gasteiger partial charge in [-0.15, -0.1) is 12.4 Å². The van der Waals surface area contributed by atoms with Crippen LogP contribution in [0.4, 0.5) is 0 Å². The molecule has 1 fully saturated rings. The number of hydrogen-bond donors (Lipinski definition) is 0. The number of benzene rings is 1. The molecule has 0 bridgehead atoms. The summed E-state index contributed by atoms with van der Waals surface area (Å²) in [4.78, 5) is 2.38. The number of hydrogen-bond acceptors (Lipinski definition) is 3. The van der Waals surface area contributed by atoms with Gasteiger partial charge in [0, 0.05) is 6.04 Å². The molecule has 3 nitrogen and oxygen atoms in total. The fourth-order valence-corrected chi connectivity index (χ4v) is 2.63. The van der Waals surface area contributed by atoms with Gasteiger partial charge in [0.25, 0.3) is 0 Å². The van der Waals surface area contributed by atoms with E-state index in [0.29, 0.717) is 12.6 Å². The van der Waals surface area contributed by atoms with Crippen LogP contribution in [0.1, 0.15) is 12.8 Å². The number of likely N-dealkylation sites (N-methyl/N-ethyl adjacent to an activating group) is 1. The Hall–Kier alpha value is -0.930. The van der Waals surface area contributed by atoms with Crippen LogP contribution in [0.2, 0.25) is 0 Å². The van der Waals surface area contributed by atoms with Crippen molar-refractivity contribution < 1.29 is 9.47 Å². The molecule has 0 amide bonds. The summed E-state index contributed by atoms with van der Waals surface area (Å²) in [6, 6.07) is 8.42. The third kappa shape index (κ3) is 2.35. The van der Waals surface area contributed by atoms with Crippen molar-refractivity contribution in [2.75, 3.05) is 20.2 Å². The van der Waals surface area contributed by atoms with E-state index in [-0.39, 0.29) is 18.5 Å². The number of para-hydroxylation sites is 2. The molecular weight excluding hydrogens is 238 g/mol. The zero-order valence-corrected chi connectivity index (χ0v) is 10.8. The predicted octanol–water partition coefficient (Wildman–Crippen LogP) is 2.34. The van der Waals surface area contributed by atoms with Crippen LogP contribution in [0.25, 0.3) is 0 Å². The summed E-state index contributed by atoms with van der Waals surface area (Å²) in [7, 11) is 2.17. The number of ether oxygens (including phenoxy) is 2. The van der Waals surface area contributed by atoms with Gasteiger partial charge in [-0.25, -0.2) is 0 Å². The van der Waals surface area contributed by atoms with Crippen LogP contribution in [-0.2, 0) is 0 Å². The third-order valence-electron chi connectivity index (χ3n) is 3.54. The SMILES string of the molecule is CN1CCC[C@@H]1[C@@H]1COc2ccccc2O1.Cl. The van der Waals surface area contributed by atoms with Crippen LogP contribution >= 0.6 is 12.4 Å². The van der Waals surface area contributed by atoms with E-state index in [2.05, 4.69) is 11.9 Å². The van der Waals surface area contributed by atoms with E-state index < -0.39 is 0 Å². The summed E-state index contributed by atoms with van der Waals surface area (Å²) in [5.74, 6) is 1.76. The quantitative estimate of drug-likeness (QED) is 0.769. The van der Waals surface area contributed by atoms with Crippen molar-refractivity contribution in [2.45, 2.75) is 25.0 Å². The fraction of sp³-hybridized carbons (Fsp3) is 0.538. The van der Waals surface area contributed by atoms with Gasteiger partial charge < -0.3 is 9.47 Å². The molecule has 1 saturated heterocycles. The van der Waals surface area contributed by atoms with Crippen LogP contribution in [0.3, 0.4) is 0 Å². The van der Waals surface area contributed by atoms with Crippen LogP contribution in [0, 0.1) is 0 Å². The minimum atomic E-state index is 0. The summed E-state index contributed by atoms with van der Waals surface area (Å²) in [5, 5.41) is 0. The van der Waals surface area contributed by atoms with Gasteiger partial charge in [0.2, 0.25) is 0 Å². The van der Waals surface area contributed by atoms with Crippen LogP contribution in [-0.4, -0.2) is 37.2 Å². The van der Waals surface area contributed by atoms with E-state index in [1.807, 2.05) is 24.3 Å². The molecule has 2 aliphatic rings. The van der Waals surface area contributed by atoms with Gasteiger partial charge in [-0.05, 0) is 38.6 Å². The van der Waals surface area contributed by atoms with Crippen molar-refractivity contribution in [1.82, 2.24) is 4.90 Å². The Bertz CT molecular complexity index is 385. The lowest BCUT2D eigenvalue weighted by Crippen LogP contribution is -2.45. The van der Waals surface area contributed by atoms with E-state index >= 15 is 0 Å². The second kappa shape index (κ2) is 5.15. The molecule has 0 N–H and O–H groups in total. The molecule has 2 atom stereocenters. The van der Waals surface area contributed by atoms with Gasteiger partial charge in [0.05, 0.1) is 0 Å². The van der Waals surface area contributed by atoms with Gasteiger partial charge in [-0.3, -0.25) is 4.90 Å². The number of nitrogens with zero attached hydrogens (tertiary/aromatic N) is 1. The maximum Gasteiger partial charge on any atom is 0.161 e. The van der Waals surface area contributed by atoms with Crippen molar-refractivity contribution in [3.8, 4) is 11.5 Å². The van der Waals surface area contributed by atoms with Crippen molar-refractivity contribution in [2.24, 2.45) is 0 Å². The lowest BCUT2D eigenvalue weighted by Gasteiger charge is -2.33. The average molecular weight is 256 g/mol. The second-order valence-electron chi connectivity index (χ2n) is 4.60. The highest BCUT2D eigenvalue weighted by molar-refractivity contribution is 5.85. The molecule has 0 radical (unpaired) electrons. The normalized spacial score (nSPS) is 27.6. The van der Waals surface area contributed by atoms with Crippen molar-refractivity contribution in [3.63, 3.8) is 0 Å². The minimum absolute atomic E-state index is 0. The summed E-state index contributed by atoms with van der Waals surface area (Å²) < 4.78 is 11.8. The van der Waals surface area contributed by atoms with Gasteiger partial charge in [-0.2, -0.15) is 0 Å². The molecule has 1 aromatic rings. The first-order chi connectivity index (χ1) is 7.84. The highest BCUT2D eigenvalue weighted by atomic mass is 35.5. The number of likely N-dealkylation sites (tertiary alicyclic amines) is 1. The topological polar surface area (TPSA) is 21.7 Å². The molecule has 2 aliphatic heterocycles. The second-order valence-corrected chi connectivity index (χ2v) is 4.60. The summed E-state index contributed by atoms with van der Waals surface area (Å²) in [6.45, 7) is 1.85. The largest absolute Gasteiger partial charge is 0.486 e. The Morgan fingerprint density at radius 1 is 1.24 bits per heavy atom. The van der Waals surface area contributed by atoms with E-state index in [4.69, 9.17) is 9.47 Å². The number of fused-ring (bicyclic) bond motifs is 1. The highest BCUT2D eigenvalue weighted by Gasteiger charge is 2.34. The molecule has 0 aromatic heterocycles. The van der Waals surface area contributed by atoms with Crippen LogP contribution in [0.15, 0.2) is 24.3 Å². The zero-order chi connectivity index (χ0) is 11.0. The van der Waals surface area contributed by atoms with Crippen LogP contribution in [0.5, 0.6) is 11.5 Å². The molecule has 0 unspecified atom stereocenters. The maximum absolute atomic E-state index is 6.02.